The van der Waals surface area contributed by atoms with Crippen LogP contribution >= 0.6 is 22.9 Å². The fraction of sp³-hybridized carbons (Fsp3) is 0.357. The molecule has 0 spiro atoms. The van der Waals surface area contributed by atoms with Crippen molar-refractivity contribution in [1.82, 2.24) is 9.88 Å². The molecule has 0 bridgehead atoms. The summed E-state index contributed by atoms with van der Waals surface area (Å²) in [6.07, 6.45) is 0. The van der Waals surface area contributed by atoms with Gasteiger partial charge in [-0.1, -0.05) is 29.8 Å². The normalized spacial score (nSPS) is 14.6. The monoisotopic (exact) mass is 295 g/mol. The molecule has 19 heavy (non-hydrogen) atoms. The molecule has 0 aliphatic rings. The molecule has 0 aliphatic heterocycles. The van der Waals surface area contributed by atoms with Crippen LogP contribution in [0.15, 0.2) is 35.2 Å². The van der Waals surface area contributed by atoms with E-state index in [0.717, 1.165) is 22.8 Å². The Labute approximate surface area is 123 Å². The summed E-state index contributed by atoms with van der Waals surface area (Å²) in [4.78, 5) is 6.51. The van der Waals surface area contributed by atoms with Gasteiger partial charge in [0.15, 0.2) is 0 Å². The third-order valence-corrected chi connectivity index (χ3v) is 4.07. The highest BCUT2D eigenvalue weighted by molar-refractivity contribution is 7.07. The second-order valence-corrected chi connectivity index (χ2v) is 5.85. The number of benzene rings is 1. The van der Waals surface area contributed by atoms with E-state index in [2.05, 4.69) is 22.3 Å². The minimum Gasteiger partial charge on any atom is -0.326 e. The van der Waals surface area contributed by atoms with Crippen LogP contribution in [0.5, 0.6) is 0 Å². The van der Waals surface area contributed by atoms with Gasteiger partial charge in [-0.15, -0.1) is 11.3 Å². The Hall–Kier alpha value is -0.940. The smallest absolute Gasteiger partial charge is 0.0795 e. The Morgan fingerprint density at radius 2 is 2.16 bits per heavy atom. The highest BCUT2D eigenvalue weighted by atomic mass is 35.5. The average molecular weight is 296 g/mol. The Kier molecular flexibility index (Phi) is 4.93. The van der Waals surface area contributed by atoms with Gasteiger partial charge >= 0.3 is 0 Å². The molecule has 2 rings (SSSR count). The highest BCUT2D eigenvalue weighted by Crippen LogP contribution is 2.29. The second kappa shape index (κ2) is 6.48. The topological polar surface area (TPSA) is 42.1 Å². The molecule has 0 saturated carbocycles. The van der Waals surface area contributed by atoms with Gasteiger partial charge in [-0.3, -0.25) is 4.90 Å². The lowest BCUT2D eigenvalue weighted by Crippen LogP contribution is -2.37. The van der Waals surface area contributed by atoms with Gasteiger partial charge in [-0.2, -0.15) is 0 Å². The van der Waals surface area contributed by atoms with Crippen molar-refractivity contribution >= 4 is 22.9 Å². The van der Waals surface area contributed by atoms with Crippen molar-refractivity contribution < 1.29 is 0 Å². The van der Waals surface area contributed by atoms with E-state index in [1.165, 1.54) is 0 Å². The Morgan fingerprint density at radius 1 is 1.42 bits per heavy atom. The minimum absolute atomic E-state index is 0.0106. The first-order chi connectivity index (χ1) is 9.09. The van der Waals surface area contributed by atoms with Crippen molar-refractivity contribution in [2.45, 2.75) is 25.6 Å². The predicted octanol–water partition coefficient (Wildman–Crippen LogP) is 3.32. The summed E-state index contributed by atoms with van der Waals surface area (Å²) in [7, 11) is 2.05. The molecule has 1 heterocycles. The summed E-state index contributed by atoms with van der Waals surface area (Å²) < 4.78 is 0. The predicted molar refractivity (Wildman–Crippen MR) is 81.4 cm³/mol. The molecule has 0 radical (unpaired) electrons. The number of aromatic nitrogens is 1. The zero-order valence-corrected chi connectivity index (χ0v) is 12.7. The number of hydrogen-bond donors (Lipinski definition) is 1. The summed E-state index contributed by atoms with van der Waals surface area (Å²) >= 11 is 7.90. The van der Waals surface area contributed by atoms with Gasteiger partial charge in [-0.25, -0.2) is 4.98 Å². The first kappa shape index (κ1) is 14.5. The van der Waals surface area contributed by atoms with E-state index in [0.29, 0.717) is 0 Å². The summed E-state index contributed by atoms with van der Waals surface area (Å²) in [5.41, 5.74) is 10.1. The van der Waals surface area contributed by atoms with Crippen LogP contribution in [0.25, 0.3) is 0 Å². The number of thiazole rings is 1. The van der Waals surface area contributed by atoms with Crippen LogP contribution in [0, 0.1) is 0 Å². The molecule has 102 valence electrons. The third-order valence-electron chi connectivity index (χ3n) is 3.09. The first-order valence-electron chi connectivity index (χ1n) is 6.17. The summed E-state index contributed by atoms with van der Waals surface area (Å²) in [5, 5.41) is 2.82. The maximum absolute atomic E-state index is 6.29. The molecule has 0 saturated heterocycles. The lowest BCUT2D eigenvalue weighted by Gasteiger charge is -2.31. The number of hydrogen-bond acceptors (Lipinski definition) is 4. The van der Waals surface area contributed by atoms with Crippen molar-refractivity contribution in [3.05, 3.63) is 51.4 Å². The van der Waals surface area contributed by atoms with Gasteiger partial charge in [0.1, 0.15) is 0 Å². The number of rotatable bonds is 5. The van der Waals surface area contributed by atoms with E-state index < -0.39 is 0 Å². The van der Waals surface area contributed by atoms with E-state index in [4.69, 9.17) is 17.3 Å². The molecule has 2 N–H and O–H groups in total. The zero-order valence-electron chi connectivity index (χ0n) is 11.1. The Balaban J connectivity index is 2.23. The van der Waals surface area contributed by atoms with Crippen molar-refractivity contribution in [1.29, 1.82) is 0 Å². The average Bonchev–Trinajstić information content (AvgIpc) is 2.84. The fourth-order valence-corrected chi connectivity index (χ4v) is 3.10. The van der Waals surface area contributed by atoms with Crippen LogP contribution < -0.4 is 5.73 Å². The molecule has 2 aromatic rings. The molecule has 0 aliphatic carbocycles. The molecule has 1 aromatic heterocycles. The van der Waals surface area contributed by atoms with Crippen molar-refractivity contribution in [2.75, 3.05) is 7.05 Å². The SMILES string of the molecule is CC(N)C(c1ccccc1Cl)N(C)Cc1cscn1. The van der Waals surface area contributed by atoms with Crippen LogP contribution in [-0.4, -0.2) is 23.0 Å². The molecular weight excluding hydrogens is 278 g/mol. The quantitative estimate of drug-likeness (QED) is 0.920. The van der Waals surface area contributed by atoms with Gasteiger partial charge in [0.2, 0.25) is 0 Å². The molecule has 2 atom stereocenters. The maximum Gasteiger partial charge on any atom is 0.0795 e. The summed E-state index contributed by atoms with van der Waals surface area (Å²) in [6.45, 7) is 2.77. The van der Waals surface area contributed by atoms with E-state index in [1.807, 2.05) is 36.7 Å². The molecule has 3 nitrogen and oxygen atoms in total. The highest BCUT2D eigenvalue weighted by Gasteiger charge is 2.23. The van der Waals surface area contributed by atoms with Gasteiger partial charge in [0, 0.05) is 23.0 Å². The van der Waals surface area contributed by atoms with E-state index in [-0.39, 0.29) is 12.1 Å². The first-order valence-corrected chi connectivity index (χ1v) is 7.49. The lowest BCUT2D eigenvalue weighted by molar-refractivity contribution is 0.209. The molecule has 0 fully saturated rings. The van der Waals surface area contributed by atoms with Crippen LogP contribution in [0.1, 0.15) is 24.2 Å². The number of likely N-dealkylation sites (N-methyl/N-ethyl adjacent to an activating group) is 1. The molecule has 1 aromatic carbocycles. The van der Waals surface area contributed by atoms with Crippen LogP contribution in [0.2, 0.25) is 5.02 Å². The van der Waals surface area contributed by atoms with Crippen molar-refractivity contribution in [3.63, 3.8) is 0 Å². The van der Waals surface area contributed by atoms with E-state index >= 15 is 0 Å². The third kappa shape index (κ3) is 3.54. The summed E-state index contributed by atoms with van der Waals surface area (Å²) in [6, 6.07) is 7.94. The van der Waals surface area contributed by atoms with Gasteiger partial charge in [0.05, 0.1) is 17.2 Å². The number of nitrogens with zero attached hydrogens (tertiary/aromatic N) is 2. The fourth-order valence-electron chi connectivity index (χ4n) is 2.31. The maximum atomic E-state index is 6.29. The molecule has 5 heteroatoms. The standard InChI is InChI=1S/C14H18ClN3S/c1-10(16)14(12-5-3-4-6-13(12)15)18(2)7-11-8-19-9-17-11/h3-6,8-10,14H,7,16H2,1-2H3. The molecular formula is C14H18ClN3S. The van der Waals surface area contributed by atoms with Crippen LogP contribution in [0.4, 0.5) is 0 Å². The lowest BCUT2D eigenvalue weighted by atomic mass is 9.99. The number of nitrogens with two attached hydrogens (primary N) is 1. The summed E-state index contributed by atoms with van der Waals surface area (Å²) in [5.74, 6) is 0. The minimum atomic E-state index is -0.0106. The van der Waals surface area contributed by atoms with Crippen LogP contribution in [0.3, 0.4) is 0 Å². The van der Waals surface area contributed by atoms with E-state index in [9.17, 15) is 0 Å². The van der Waals surface area contributed by atoms with E-state index in [1.54, 1.807) is 11.3 Å². The van der Waals surface area contributed by atoms with Crippen molar-refractivity contribution in [3.8, 4) is 0 Å². The molecule has 2 unspecified atom stereocenters. The van der Waals surface area contributed by atoms with Crippen molar-refractivity contribution in [2.24, 2.45) is 5.73 Å². The van der Waals surface area contributed by atoms with Gasteiger partial charge in [0.25, 0.3) is 0 Å². The molecule has 0 amide bonds. The second-order valence-electron chi connectivity index (χ2n) is 4.72. The van der Waals surface area contributed by atoms with Crippen LogP contribution in [-0.2, 0) is 6.54 Å². The zero-order chi connectivity index (χ0) is 13.8. The van der Waals surface area contributed by atoms with Gasteiger partial charge in [-0.05, 0) is 25.6 Å². The van der Waals surface area contributed by atoms with Gasteiger partial charge < -0.3 is 5.73 Å². The Bertz CT molecular complexity index is 513. The number of halogens is 1. The largest absolute Gasteiger partial charge is 0.326 e. The Morgan fingerprint density at radius 3 is 2.74 bits per heavy atom.